The Morgan fingerprint density at radius 3 is 2.62 bits per heavy atom. The Balaban J connectivity index is 1.63. The lowest BCUT2D eigenvalue weighted by Crippen LogP contribution is -2.40. The molecule has 0 fully saturated rings. The number of ether oxygens (including phenoxy) is 2. The molecule has 0 saturated carbocycles. The van der Waals surface area contributed by atoms with E-state index in [2.05, 4.69) is 4.99 Å². The Hall–Kier alpha value is -4.70. The molecule has 0 saturated heterocycles. The van der Waals surface area contributed by atoms with E-state index in [1.54, 1.807) is 50.3 Å². The van der Waals surface area contributed by atoms with Crippen LogP contribution in [0.2, 0.25) is 0 Å². The van der Waals surface area contributed by atoms with Gasteiger partial charge in [0.1, 0.15) is 23.3 Å². The number of fused-ring (bicyclic) bond motifs is 1. The van der Waals surface area contributed by atoms with E-state index in [9.17, 15) is 19.5 Å². The zero-order chi connectivity index (χ0) is 28.6. The van der Waals surface area contributed by atoms with Gasteiger partial charge in [0.05, 0.1) is 35.1 Å². The summed E-state index contributed by atoms with van der Waals surface area (Å²) in [6, 6.07) is 14.7. The lowest BCUT2D eigenvalue weighted by Gasteiger charge is -2.25. The second-order valence-electron chi connectivity index (χ2n) is 9.08. The van der Waals surface area contributed by atoms with Gasteiger partial charge in [-0.05, 0) is 56.7 Å². The lowest BCUT2D eigenvalue weighted by atomic mass is 9.95. The standard InChI is InChI=1S/C30H26N2O7S/c1-5-38-29(36)25-17(3)31-30-32(26(25)21-8-6-7-9-22(21)37-4)27(33)24(40-30)15-19-11-13-23(39-19)20-12-10-18(28(34)35)14-16(20)2/h6-15,26H,5H2,1-4H3,(H,34,35)/b24-15-/t26-/m0/s1. The van der Waals surface area contributed by atoms with Crippen molar-refractivity contribution in [2.75, 3.05) is 13.7 Å². The number of benzene rings is 2. The zero-order valence-electron chi connectivity index (χ0n) is 22.3. The molecule has 2 aromatic heterocycles. The van der Waals surface area contributed by atoms with Crippen LogP contribution < -0.4 is 19.6 Å². The van der Waals surface area contributed by atoms with Gasteiger partial charge in [0.25, 0.3) is 5.56 Å². The lowest BCUT2D eigenvalue weighted by molar-refractivity contribution is -0.139. The average Bonchev–Trinajstić information content (AvgIpc) is 3.51. The van der Waals surface area contributed by atoms with Gasteiger partial charge in [-0.3, -0.25) is 9.36 Å². The first kappa shape index (κ1) is 26.9. The van der Waals surface area contributed by atoms with Crippen molar-refractivity contribution in [3.8, 4) is 17.1 Å². The summed E-state index contributed by atoms with van der Waals surface area (Å²) in [6.45, 7) is 5.44. The number of methoxy groups -OCH3 is 1. The van der Waals surface area contributed by atoms with Crippen LogP contribution in [0.5, 0.6) is 5.75 Å². The summed E-state index contributed by atoms with van der Waals surface area (Å²) in [6.07, 6.45) is 1.64. The van der Waals surface area contributed by atoms with E-state index in [0.717, 1.165) is 11.1 Å². The Bertz CT molecular complexity index is 1860. The molecule has 0 bridgehead atoms. The highest BCUT2D eigenvalue weighted by atomic mass is 32.1. The molecule has 10 heteroatoms. The Kier molecular flexibility index (Phi) is 7.27. The molecule has 1 aliphatic rings. The van der Waals surface area contributed by atoms with Crippen LogP contribution in [0.15, 0.2) is 80.1 Å². The number of allylic oxidation sites excluding steroid dienone is 1. The van der Waals surface area contributed by atoms with Crippen molar-refractivity contribution in [1.82, 2.24) is 4.57 Å². The Labute approximate surface area is 232 Å². The van der Waals surface area contributed by atoms with Crippen molar-refractivity contribution in [1.29, 1.82) is 0 Å². The summed E-state index contributed by atoms with van der Waals surface area (Å²) < 4.78 is 18.8. The highest BCUT2D eigenvalue weighted by Crippen LogP contribution is 2.35. The van der Waals surface area contributed by atoms with Crippen LogP contribution in [0.25, 0.3) is 17.4 Å². The van der Waals surface area contributed by atoms with E-state index >= 15 is 0 Å². The first-order valence-electron chi connectivity index (χ1n) is 12.5. The van der Waals surface area contributed by atoms with Crippen molar-refractivity contribution in [2.24, 2.45) is 4.99 Å². The normalized spacial score (nSPS) is 15.0. The van der Waals surface area contributed by atoms with E-state index in [-0.39, 0.29) is 23.3 Å². The fourth-order valence-electron chi connectivity index (χ4n) is 4.76. The number of carboxylic acid groups (broad SMARTS) is 1. The summed E-state index contributed by atoms with van der Waals surface area (Å²) >= 11 is 1.19. The van der Waals surface area contributed by atoms with Crippen LogP contribution in [0.3, 0.4) is 0 Å². The van der Waals surface area contributed by atoms with Crippen LogP contribution >= 0.6 is 11.3 Å². The number of para-hydroxylation sites is 1. The first-order valence-corrected chi connectivity index (χ1v) is 13.3. The van der Waals surface area contributed by atoms with Crippen LogP contribution in [0.4, 0.5) is 0 Å². The van der Waals surface area contributed by atoms with Crippen molar-refractivity contribution >= 4 is 29.4 Å². The molecular formula is C30H26N2O7S. The molecular weight excluding hydrogens is 532 g/mol. The van der Waals surface area contributed by atoms with Gasteiger partial charge in [0.2, 0.25) is 0 Å². The third kappa shape index (κ3) is 4.77. The van der Waals surface area contributed by atoms with Crippen molar-refractivity contribution < 1.29 is 28.6 Å². The molecule has 1 aliphatic heterocycles. The maximum absolute atomic E-state index is 13.8. The minimum absolute atomic E-state index is 0.179. The first-order chi connectivity index (χ1) is 19.2. The van der Waals surface area contributed by atoms with Crippen LogP contribution in [0, 0.1) is 6.92 Å². The van der Waals surface area contributed by atoms with Crippen molar-refractivity contribution in [3.05, 3.63) is 108 Å². The number of rotatable bonds is 7. The molecule has 204 valence electrons. The molecule has 0 spiro atoms. The fraction of sp³-hybridized carbons (Fsp3) is 0.200. The Morgan fingerprint density at radius 2 is 1.93 bits per heavy atom. The van der Waals surface area contributed by atoms with Crippen molar-refractivity contribution in [3.63, 3.8) is 0 Å². The van der Waals surface area contributed by atoms with Gasteiger partial charge in [-0.1, -0.05) is 35.6 Å². The fourth-order valence-corrected chi connectivity index (χ4v) is 5.78. The van der Waals surface area contributed by atoms with Crippen LogP contribution in [-0.2, 0) is 9.53 Å². The number of carboxylic acids is 1. The quantitative estimate of drug-likeness (QED) is 0.340. The minimum Gasteiger partial charge on any atom is -0.496 e. The molecule has 5 rings (SSSR count). The summed E-state index contributed by atoms with van der Waals surface area (Å²) in [4.78, 5) is 43.2. The molecule has 0 radical (unpaired) electrons. The molecule has 1 N–H and O–H groups in total. The molecule has 3 heterocycles. The number of aromatic carboxylic acids is 1. The highest BCUT2D eigenvalue weighted by Gasteiger charge is 2.35. The SMILES string of the molecule is CCOC(=O)C1=C(C)N=c2s/c(=C\c3ccc(-c4ccc(C(=O)O)cc4C)o3)c(=O)n2[C@H]1c1ccccc1OC. The monoisotopic (exact) mass is 558 g/mol. The van der Waals surface area contributed by atoms with E-state index in [0.29, 0.717) is 37.9 Å². The number of hydrogen-bond acceptors (Lipinski definition) is 8. The largest absolute Gasteiger partial charge is 0.496 e. The van der Waals surface area contributed by atoms with Gasteiger partial charge in [-0.15, -0.1) is 0 Å². The molecule has 40 heavy (non-hydrogen) atoms. The molecule has 9 nitrogen and oxygen atoms in total. The van der Waals surface area contributed by atoms with Gasteiger partial charge >= 0.3 is 11.9 Å². The molecule has 4 aromatic rings. The molecule has 0 amide bonds. The molecule has 0 unspecified atom stereocenters. The maximum atomic E-state index is 13.8. The average molecular weight is 559 g/mol. The second-order valence-corrected chi connectivity index (χ2v) is 10.1. The predicted octanol–water partition coefficient (Wildman–Crippen LogP) is 4.07. The van der Waals surface area contributed by atoms with E-state index in [1.807, 2.05) is 25.1 Å². The van der Waals surface area contributed by atoms with Gasteiger partial charge < -0.3 is 19.0 Å². The summed E-state index contributed by atoms with van der Waals surface area (Å²) in [5.41, 5.74) is 2.71. The number of carbonyl (C=O) groups is 2. The molecule has 0 aliphatic carbocycles. The van der Waals surface area contributed by atoms with Crippen LogP contribution in [0.1, 0.15) is 47.1 Å². The second kappa shape index (κ2) is 10.8. The van der Waals surface area contributed by atoms with Gasteiger partial charge in [-0.25, -0.2) is 14.6 Å². The maximum Gasteiger partial charge on any atom is 0.338 e. The Morgan fingerprint density at radius 1 is 1.15 bits per heavy atom. The van der Waals surface area contributed by atoms with Gasteiger partial charge in [0, 0.05) is 17.2 Å². The van der Waals surface area contributed by atoms with Gasteiger partial charge in [0.15, 0.2) is 4.80 Å². The number of hydrogen-bond donors (Lipinski definition) is 1. The number of carbonyl (C=O) groups excluding carboxylic acids is 1. The number of aromatic nitrogens is 1. The van der Waals surface area contributed by atoms with Crippen molar-refractivity contribution in [2.45, 2.75) is 26.8 Å². The zero-order valence-corrected chi connectivity index (χ0v) is 23.1. The third-order valence-electron chi connectivity index (χ3n) is 6.59. The van der Waals surface area contributed by atoms with Gasteiger partial charge in [-0.2, -0.15) is 0 Å². The number of aryl methyl sites for hydroxylation is 1. The molecule has 2 aromatic carbocycles. The number of nitrogens with zero attached hydrogens (tertiary/aromatic N) is 2. The smallest absolute Gasteiger partial charge is 0.338 e. The van der Waals surface area contributed by atoms with Crippen LogP contribution in [-0.4, -0.2) is 35.3 Å². The van der Waals surface area contributed by atoms with E-state index in [4.69, 9.17) is 13.9 Å². The van der Waals surface area contributed by atoms with E-state index < -0.39 is 18.0 Å². The van der Waals surface area contributed by atoms with E-state index in [1.165, 1.54) is 29.1 Å². The summed E-state index contributed by atoms with van der Waals surface area (Å²) in [5.74, 6) is -0.0386. The summed E-state index contributed by atoms with van der Waals surface area (Å²) in [7, 11) is 1.54. The number of esters is 1. The topological polar surface area (TPSA) is 120 Å². The third-order valence-corrected chi connectivity index (χ3v) is 7.57. The summed E-state index contributed by atoms with van der Waals surface area (Å²) in [5, 5.41) is 9.24. The minimum atomic E-state index is -1.00. The highest BCUT2D eigenvalue weighted by molar-refractivity contribution is 7.07. The predicted molar refractivity (Wildman–Crippen MR) is 149 cm³/mol. The number of furan rings is 1. The number of thiazole rings is 1. The molecule has 1 atom stereocenters.